The molecule has 0 aliphatic heterocycles. The van der Waals surface area contributed by atoms with E-state index < -0.39 is 0 Å². The van der Waals surface area contributed by atoms with Gasteiger partial charge in [-0.1, -0.05) is 29.8 Å². The lowest BCUT2D eigenvalue weighted by atomic mass is 9.96. The molecule has 2 aromatic rings. The number of hydrogen-bond donors (Lipinski definition) is 1. The second-order valence-corrected chi connectivity index (χ2v) is 5.82. The van der Waals surface area contributed by atoms with E-state index in [0.717, 1.165) is 18.5 Å². The Balaban J connectivity index is 1.99. The third-order valence-electron chi connectivity index (χ3n) is 3.11. The minimum absolute atomic E-state index is 0.484. The number of thiazole rings is 1. The van der Waals surface area contributed by atoms with Crippen LogP contribution < -0.4 is 5.73 Å². The van der Waals surface area contributed by atoms with Gasteiger partial charge in [-0.3, -0.25) is 0 Å². The molecule has 2 rings (SSSR count). The summed E-state index contributed by atoms with van der Waals surface area (Å²) in [7, 11) is 0. The van der Waals surface area contributed by atoms with Crippen molar-refractivity contribution in [2.75, 3.05) is 6.54 Å². The summed E-state index contributed by atoms with van der Waals surface area (Å²) in [6.45, 7) is 4.87. The van der Waals surface area contributed by atoms with Crippen LogP contribution in [0.15, 0.2) is 29.6 Å². The summed E-state index contributed by atoms with van der Waals surface area (Å²) >= 11 is 1.74. The summed E-state index contributed by atoms with van der Waals surface area (Å²) < 4.78 is 0. The molecular weight excluding hydrogens is 240 g/mol. The highest BCUT2D eigenvalue weighted by atomic mass is 32.1. The van der Waals surface area contributed by atoms with E-state index in [-0.39, 0.29) is 0 Å². The van der Waals surface area contributed by atoms with Crippen molar-refractivity contribution in [2.45, 2.75) is 26.7 Å². The monoisotopic (exact) mass is 260 g/mol. The quantitative estimate of drug-likeness (QED) is 0.897. The zero-order chi connectivity index (χ0) is 13.0. The Morgan fingerprint density at radius 1 is 1.17 bits per heavy atom. The maximum atomic E-state index is 5.88. The number of aromatic nitrogens is 1. The topological polar surface area (TPSA) is 38.9 Å². The van der Waals surface area contributed by atoms with Gasteiger partial charge in [0.15, 0.2) is 0 Å². The number of aryl methyl sites for hydroxylation is 2. The molecule has 1 aromatic heterocycles. The predicted octanol–water partition coefficient (Wildman–Crippen LogP) is 3.12. The van der Waals surface area contributed by atoms with Crippen LogP contribution in [0, 0.1) is 19.8 Å². The molecule has 96 valence electrons. The zero-order valence-electron chi connectivity index (χ0n) is 11.0. The Hall–Kier alpha value is -1.19. The van der Waals surface area contributed by atoms with E-state index >= 15 is 0 Å². The second kappa shape index (κ2) is 6.12. The third kappa shape index (κ3) is 3.65. The van der Waals surface area contributed by atoms with E-state index in [9.17, 15) is 0 Å². The summed E-state index contributed by atoms with van der Waals surface area (Å²) in [5.41, 5.74) is 9.66. The SMILES string of the molecule is Cc1ccc(CC(CN)Cc2nc(C)cs2)cc1. The number of hydrogen-bond acceptors (Lipinski definition) is 3. The summed E-state index contributed by atoms with van der Waals surface area (Å²) in [6, 6.07) is 8.73. The van der Waals surface area contributed by atoms with Crippen LogP contribution in [-0.2, 0) is 12.8 Å². The highest BCUT2D eigenvalue weighted by Gasteiger charge is 2.11. The number of benzene rings is 1. The zero-order valence-corrected chi connectivity index (χ0v) is 11.8. The lowest BCUT2D eigenvalue weighted by molar-refractivity contribution is 0.531. The maximum absolute atomic E-state index is 5.88. The Morgan fingerprint density at radius 2 is 1.89 bits per heavy atom. The van der Waals surface area contributed by atoms with Gasteiger partial charge in [-0.25, -0.2) is 4.98 Å². The molecule has 0 radical (unpaired) electrons. The molecule has 0 aliphatic carbocycles. The van der Waals surface area contributed by atoms with Crippen molar-refractivity contribution < 1.29 is 0 Å². The molecule has 0 aliphatic rings. The molecule has 1 unspecified atom stereocenters. The number of nitrogens with two attached hydrogens (primary N) is 1. The molecule has 2 nitrogen and oxygen atoms in total. The molecule has 0 fully saturated rings. The fourth-order valence-electron chi connectivity index (χ4n) is 2.04. The molecular formula is C15H20N2S. The first kappa shape index (κ1) is 13.2. The van der Waals surface area contributed by atoms with Gasteiger partial charge in [0.05, 0.1) is 5.01 Å². The second-order valence-electron chi connectivity index (χ2n) is 4.88. The molecule has 1 heterocycles. The lowest BCUT2D eigenvalue weighted by Gasteiger charge is -2.13. The highest BCUT2D eigenvalue weighted by Crippen LogP contribution is 2.17. The summed E-state index contributed by atoms with van der Waals surface area (Å²) in [4.78, 5) is 4.52. The van der Waals surface area contributed by atoms with Crippen LogP contribution in [0.1, 0.15) is 21.8 Å². The highest BCUT2D eigenvalue weighted by molar-refractivity contribution is 7.09. The molecule has 1 atom stereocenters. The van der Waals surface area contributed by atoms with Crippen molar-refractivity contribution in [2.24, 2.45) is 11.7 Å². The van der Waals surface area contributed by atoms with Gasteiger partial charge in [0.25, 0.3) is 0 Å². The van der Waals surface area contributed by atoms with E-state index in [1.807, 2.05) is 6.92 Å². The van der Waals surface area contributed by atoms with Gasteiger partial charge in [-0.15, -0.1) is 11.3 Å². The van der Waals surface area contributed by atoms with Gasteiger partial charge in [0.1, 0.15) is 0 Å². The van der Waals surface area contributed by atoms with Crippen LogP contribution in [0.25, 0.3) is 0 Å². The molecule has 0 bridgehead atoms. The van der Waals surface area contributed by atoms with E-state index in [4.69, 9.17) is 5.73 Å². The van der Waals surface area contributed by atoms with E-state index in [1.165, 1.54) is 16.1 Å². The summed E-state index contributed by atoms with van der Waals surface area (Å²) in [5, 5.41) is 3.31. The van der Waals surface area contributed by atoms with Crippen molar-refractivity contribution in [1.29, 1.82) is 0 Å². The first-order chi connectivity index (χ1) is 8.67. The summed E-state index contributed by atoms with van der Waals surface area (Å²) in [6.07, 6.45) is 2.03. The minimum Gasteiger partial charge on any atom is -0.330 e. The van der Waals surface area contributed by atoms with Crippen molar-refractivity contribution >= 4 is 11.3 Å². The van der Waals surface area contributed by atoms with Crippen LogP contribution in [0.5, 0.6) is 0 Å². The molecule has 18 heavy (non-hydrogen) atoms. The van der Waals surface area contributed by atoms with Gasteiger partial charge < -0.3 is 5.73 Å². The fourth-order valence-corrected chi connectivity index (χ4v) is 2.93. The van der Waals surface area contributed by atoms with Gasteiger partial charge in [-0.2, -0.15) is 0 Å². The maximum Gasteiger partial charge on any atom is 0.0931 e. The smallest absolute Gasteiger partial charge is 0.0931 e. The van der Waals surface area contributed by atoms with Gasteiger partial charge >= 0.3 is 0 Å². The third-order valence-corrected chi connectivity index (χ3v) is 4.10. The van der Waals surface area contributed by atoms with E-state index in [2.05, 4.69) is 41.6 Å². The van der Waals surface area contributed by atoms with E-state index in [1.54, 1.807) is 11.3 Å². The van der Waals surface area contributed by atoms with Crippen molar-refractivity contribution in [1.82, 2.24) is 4.98 Å². The Bertz CT molecular complexity index is 487. The first-order valence-electron chi connectivity index (χ1n) is 6.34. The average Bonchev–Trinajstić information content (AvgIpc) is 2.77. The molecule has 3 heteroatoms. The van der Waals surface area contributed by atoms with Crippen LogP contribution in [0.3, 0.4) is 0 Å². The fraction of sp³-hybridized carbons (Fsp3) is 0.400. The number of rotatable bonds is 5. The van der Waals surface area contributed by atoms with Crippen molar-refractivity contribution in [3.63, 3.8) is 0 Å². The molecule has 0 saturated carbocycles. The van der Waals surface area contributed by atoms with Crippen molar-refractivity contribution in [3.05, 3.63) is 51.5 Å². The Labute approximate surface area is 113 Å². The molecule has 0 amide bonds. The van der Waals surface area contributed by atoms with Gasteiger partial charge in [0, 0.05) is 17.5 Å². The standard InChI is InChI=1S/C15H20N2S/c1-11-3-5-13(6-4-11)7-14(9-16)8-15-17-12(2)10-18-15/h3-6,10,14H,7-9,16H2,1-2H3. The largest absolute Gasteiger partial charge is 0.330 e. The number of nitrogens with zero attached hydrogens (tertiary/aromatic N) is 1. The first-order valence-corrected chi connectivity index (χ1v) is 7.22. The van der Waals surface area contributed by atoms with E-state index in [0.29, 0.717) is 12.5 Å². The average molecular weight is 260 g/mol. The minimum atomic E-state index is 0.484. The van der Waals surface area contributed by atoms with Crippen LogP contribution in [0.4, 0.5) is 0 Å². The normalized spacial score (nSPS) is 12.6. The Kier molecular flexibility index (Phi) is 4.50. The van der Waals surface area contributed by atoms with Crippen molar-refractivity contribution in [3.8, 4) is 0 Å². The van der Waals surface area contributed by atoms with Crippen LogP contribution >= 0.6 is 11.3 Å². The Morgan fingerprint density at radius 3 is 2.44 bits per heavy atom. The molecule has 0 spiro atoms. The van der Waals surface area contributed by atoms with Gasteiger partial charge in [-0.05, 0) is 38.3 Å². The summed E-state index contributed by atoms with van der Waals surface area (Å²) in [5.74, 6) is 0.484. The van der Waals surface area contributed by atoms with Crippen LogP contribution in [0.2, 0.25) is 0 Å². The van der Waals surface area contributed by atoms with Gasteiger partial charge in [0.2, 0.25) is 0 Å². The molecule has 2 N–H and O–H groups in total. The molecule has 1 aromatic carbocycles. The van der Waals surface area contributed by atoms with Crippen LogP contribution in [-0.4, -0.2) is 11.5 Å². The lowest BCUT2D eigenvalue weighted by Crippen LogP contribution is -2.19. The molecule has 0 saturated heterocycles. The predicted molar refractivity (Wildman–Crippen MR) is 78.0 cm³/mol.